The molecule has 3 N–H and O–H groups in total. The summed E-state index contributed by atoms with van der Waals surface area (Å²) in [5, 5.41) is 14.4. The first kappa shape index (κ1) is 24.0. The summed E-state index contributed by atoms with van der Waals surface area (Å²) in [6, 6.07) is 22.4. The molecule has 0 heterocycles. The second-order valence-corrected chi connectivity index (χ2v) is 8.51. The van der Waals surface area contributed by atoms with E-state index in [9.17, 15) is 19.5 Å². The number of hydrogen-bond donors (Lipinski definition) is 3. The molecule has 7 heteroatoms. The number of hydrogen-bond acceptors (Lipinski definition) is 4. The van der Waals surface area contributed by atoms with Crippen molar-refractivity contribution in [2.75, 3.05) is 6.61 Å². The number of carboxylic acids is 1. The maximum Gasteiger partial charge on any atom is 0.407 e. The van der Waals surface area contributed by atoms with Gasteiger partial charge in [-0.3, -0.25) is 9.59 Å². The van der Waals surface area contributed by atoms with Crippen molar-refractivity contribution in [3.63, 3.8) is 0 Å². The summed E-state index contributed by atoms with van der Waals surface area (Å²) in [7, 11) is 0. The number of fused-ring (bicyclic) bond motifs is 3. The van der Waals surface area contributed by atoms with E-state index in [4.69, 9.17) is 4.74 Å². The Morgan fingerprint density at radius 1 is 0.886 bits per heavy atom. The van der Waals surface area contributed by atoms with Crippen LogP contribution in [0.25, 0.3) is 11.1 Å². The molecule has 1 unspecified atom stereocenters. The van der Waals surface area contributed by atoms with Gasteiger partial charge < -0.3 is 20.5 Å². The molecule has 180 valence electrons. The summed E-state index contributed by atoms with van der Waals surface area (Å²) < 4.78 is 5.47. The average Bonchev–Trinajstić information content (AvgIpc) is 3.19. The van der Waals surface area contributed by atoms with Crippen LogP contribution < -0.4 is 10.6 Å². The van der Waals surface area contributed by atoms with Crippen LogP contribution in [0.2, 0.25) is 0 Å². The number of nitrogens with one attached hydrogen (secondary N) is 2. The van der Waals surface area contributed by atoms with E-state index in [0.717, 1.165) is 34.2 Å². The largest absolute Gasteiger partial charge is 0.481 e. The number of alkyl carbamates (subject to hydrolysis) is 1. The highest BCUT2D eigenvalue weighted by atomic mass is 16.5. The second-order valence-electron chi connectivity index (χ2n) is 8.51. The first-order valence-electron chi connectivity index (χ1n) is 11.6. The molecule has 0 aromatic heterocycles. The van der Waals surface area contributed by atoms with Crippen molar-refractivity contribution in [3.8, 4) is 11.1 Å². The first-order valence-corrected chi connectivity index (χ1v) is 11.6. The van der Waals surface area contributed by atoms with E-state index >= 15 is 0 Å². The molecule has 0 saturated heterocycles. The van der Waals surface area contributed by atoms with Gasteiger partial charge in [0.1, 0.15) is 12.6 Å². The minimum absolute atomic E-state index is 0.0745. The molecular weight excluding hydrogens is 444 g/mol. The van der Waals surface area contributed by atoms with E-state index in [1.165, 1.54) is 5.56 Å². The molecule has 35 heavy (non-hydrogen) atoms. The maximum absolute atomic E-state index is 12.7. The van der Waals surface area contributed by atoms with Crippen molar-refractivity contribution in [3.05, 3.63) is 95.1 Å². The molecule has 0 spiro atoms. The summed E-state index contributed by atoms with van der Waals surface area (Å²) >= 11 is 0. The van der Waals surface area contributed by atoms with Crippen LogP contribution in [0.1, 0.15) is 41.5 Å². The van der Waals surface area contributed by atoms with Gasteiger partial charge in [-0.25, -0.2) is 4.79 Å². The Kier molecular flexibility index (Phi) is 7.45. The van der Waals surface area contributed by atoms with E-state index in [1.54, 1.807) is 0 Å². The molecule has 0 bridgehead atoms. The van der Waals surface area contributed by atoms with Crippen molar-refractivity contribution in [2.45, 2.75) is 38.3 Å². The number of rotatable bonds is 9. The fourth-order valence-electron chi connectivity index (χ4n) is 4.37. The van der Waals surface area contributed by atoms with Gasteiger partial charge >= 0.3 is 12.1 Å². The predicted molar refractivity (Wildman–Crippen MR) is 132 cm³/mol. The Labute approximate surface area is 204 Å². The molecule has 4 rings (SSSR count). The average molecular weight is 473 g/mol. The maximum atomic E-state index is 12.7. The van der Waals surface area contributed by atoms with Crippen LogP contribution in [-0.4, -0.2) is 35.7 Å². The van der Waals surface area contributed by atoms with Crippen molar-refractivity contribution in [1.29, 1.82) is 0 Å². The Morgan fingerprint density at radius 3 is 2.03 bits per heavy atom. The quantitative estimate of drug-likeness (QED) is 0.432. The number of aliphatic carboxylic acids is 1. The molecule has 1 aliphatic rings. The summed E-state index contributed by atoms with van der Waals surface area (Å²) in [5.41, 5.74) is 6.40. The number of carboxylic acid groups (broad SMARTS) is 1. The summed E-state index contributed by atoms with van der Waals surface area (Å²) in [6.07, 6.45) is -0.470. The van der Waals surface area contributed by atoms with E-state index in [-0.39, 0.29) is 19.1 Å². The van der Waals surface area contributed by atoms with Gasteiger partial charge in [0.15, 0.2) is 0 Å². The Bertz CT molecular complexity index is 1180. The summed E-state index contributed by atoms with van der Waals surface area (Å²) in [4.78, 5) is 36.5. The molecule has 0 radical (unpaired) electrons. The van der Waals surface area contributed by atoms with Gasteiger partial charge in [-0.15, -0.1) is 0 Å². The SMILES string of the molecule is CCc1ccc(CNC(=O)C(CC(=O)O)NC(=O)OCC2c3ccccc3-c3ccccc32)cc1. The van der Waals surface area contributed by atoms with Crippen molar-refractivity contribution in [2.24, 2.45) is 0 Å². The minimum Gasteiger partial charge on any atom is -0.481 e. The lowest BCUT2D eigenvalue weighted by Crippen LogP contribution is -2.48. The third-order valence-electron chi connectivity index (χ3n) is 6.23. The van der Waals surface area contributed by atoms with E-state index < -0.39 is 30.4 Å². The third kappa shape index (κ3) is 5.69. The molecule has 7 nitrogen and oxygen atoms in total. The lowest BCUT2D eigenvalue weighted by molar-refractivity contribution is -0.139. The Hall–Kier alpha value is -4.13. The third-order valence-corrected chi connectivity index (χ3v) is 6.23. The molecule has 1 atom stereocenters. The molecule has 0 fully saturated rings. The van der Waals surface area contributed by atoms with Gasteiger partial charge in [0, 0.05) is 12.5 Å². The van der Waals surface area contributed by atoms with Crippen LogP contribution >= 0.6 is 0 Å². The highest BCUT2D eigenvalue weighted by molar-refractivity contribution is 5.89. The lowest BCUT2D eigenvalue weighted by atomic mass is 9.98. The molecule has 0 aliphatic heterocycles. The minimum atomic E-state index is -1.25. The summed E-state index contributed by atoms with van der Waals surface area (Å²) in [5.74, 6) is -1.91. The zero-order valence-electron chi connectivity index (χ0n) is 19.5. The van der Waals surface area contributed by atoms with Gasteiger partial charge in [-0.2, -0.15) is 0 Å². The monoisotopic (exact) mass is 472 g/mol. The first-order chi connectivity index (χ1) is 17.0. The van der Waals surface area contributed by atoms with Crippen LogP contribution in [0.15, 0.2) is 72.8 Å². The van der Waals surface area contributed by atoms with Crippen LogP contribution in [-0.2, 0) is 27.3 Å². The van der Waals surface area contributed by atoms with Crippen LogP contribution in [0, 0.1) is 0 Å². The topological polar surface area (TPSA) is 105 Å². The molecular formula is C28H28N2O5. The van der Waals surface area contributed by atoms with E-state index in [0.29, 0.717) is 0 Å². The smallest absolute Gasteiger partial charge is 0.407 e. The highest BCUT2D eigenvalue weighted by Gasteiger charge is 2.30. The van der Waals surface area contributed by atoms with Gasteiger partial charge in [-0.1, -0.05) is 79.7 Å². The standard InChI is InChI=1S/C28H28N2O5/c1-2-18-11-13-19(14-12-18)16-29-27(33)25(15-26(31)32)30-28(34)35-17-24-22-9-5-3-7-20(22)21-8-4-6-10-23(21)24/h3-14,24-25H,2,15-17H2,1H3,(H,29,33)(H,30,34)(H,31,32). The van der Waals surface area contributed by atoms with Crippen molar-refractivity contribution >= 4 is 18.0 Å². The predicted octanol–water partition coefficient (Wildman–Crippen LogP) is 4.25. The van der Waals surface area contributed by atoms with Crippen molar-refractivity contribution in [1.82, 2.24) is 10.6 Å². The number of amides is 2. The van der Waals surface area contributed by atoms with Gasteiger partial charge in [-0.05, 0) is 39.8 Å². The number of aryl methyl sites for hydroxylation is 1. The van der Waals surface area contributed by atoms with Gasteiger partial charge in [0.25, 0.3) is 0 Å². The van der Waals surface area contributed by atoms with Crippen molar-refractivity contribution < 1.29 is 24.2 Å². The zero-order valence-corrected chi connectivity index (χ0v) is 19.5. The van der Waals surface area contributed by atoms with Crippen LogP contribution in [0.3, 0.4) is 0 Å². The normalized spacial score (nSPS) is 12.8. The molecule has 1 aliphatic carbocycles. The second kappa shape index (κ2) is 10.9. The van der Waals surface area contributed by atoms with Crippen LogP contribution in [0.4, 0.5) is 4.79 Å². The number of carbonyl (C=O) groups excluding carboxylic acids is 2. The molecule has 2 amide bonds. The molecule has 3 aromatic carbocycles. The molecule has 0 saturated carbocycles. The van der Waals surface area contributed by atoms with E-state index in [1.807, 2.05) is 72.8 Å². The zero-order chi connectivity index (χ0) is 24.8. The lowest BCUT2D eigenvalue weighted by Gasteiger charge is -2.19. The highest BCUT2D eigenvalue weighted by Crippen LogP contribution is 2.44. The fraction of sp³-hybridized carbons (Fsp3) is 0.250. The number of ether oxygens (including phenoxy) is 1. The number of carbonyl (C=O) groups is 3. The van der Waals surface area contributed by atoms with Gasteiger partial charge in [0.2, 0.25) is 5.91 Å². The van der Waals surface area contributed by atoms with Crippen LogP contribution in [0.5, 0.6) is 0 Å². The Morgan fingerprint density at radius 2 is 1.46 bits per heavy atom. The van der Waals surface area contributed by atoms with E-state index in [2.05, 4.69) is 17.6 Å². The molecule has 3 aromatic rings. The van der Waals surface area contributed by atoms with Gasteiger partial charge in [0.05, 0.1) is 6.42 Å². The fourth-order valence-corrected chi connectivity index (χ4v) is 4.37. The summed E-state index contributed by atoms with van der Waals surface area (Å²) in [6.45, 7) is 2.36. The Balaban J connectivity index is 1.37. The number of benzene rings is 3.